The van der Waals surface area contributed by atoms with Gasteiger partial charge in [0, 0.05) is 48.7 Å². The van der Waals surface area contributed by atoms with E-state index in [1.54, 1.807) is 65.3 Å². The molecule has 0 aliphatic carbocycles. The number of nitrogens with one attached hydrogen (secondary N) is 2. The molecular weight excluding hydrogens is 721 g/mol. The predicted molar refractivity (Wildman–Crippen MR) is 187 cm³/mol. The lowest BCUT2D eigenvalue weighted by Gasteiger charge is -2.23. The molecule has 2 amide bonds. The van der Waals surface area contributed by atoms with E-state index in [1.165, 1.54) is 18.3 Å². The third-order valence-corrected chi connectivity index (χ3v) is 8.78. The molecule has 17 heteroatoms. The molecule has 0 bridgehead atoms. The fraction of sp³-hybridized carbons (Fsp3) is 0.139. The van der Waals surface area contributed by atoms with Gasteiger partial charge in [-0.05, 0) is 60.2 Å². The third-order valence-electron chi connectivity index (χ3n) is 7.85. The van der Waals surface area contributed by atoms with Crippen LogP contribution in [-0.2, 0) is 21.2 Å². The molecule has 0 saturated heterocycles. The molecule has 6 rings (SSSR count). The second kappa shape index (κ2) is 14.8. The summed E-state index contributed by atoms with van der Waals surface area (Å²) in [6.07, 6.45) is -1.12. The van der Waals surface area contributed by atoms with Crippen molar-refractivity contribution in [3.8, 4) is 22.5 Å². The molecule has 0 spiro atoms. The zero-order chi connectivity index (χ0) is 37.9. The summed E-state index contributed by atoms with van der Waals surface area (Å²) in [7, 11) is -3.66. The van der Waals surface area contributed by atoms with Crippen LogP contribution in [0, 0.1) is 11.6 Å². The number of anilines is 3. The first kappa shape index (κ1) is 36.6. The Morgan fingerprint density at radius 3 is 2.34 bits per heavy atom. The number of aromatic nitrogens is 4. The number of alkyl halides is 3. The van der Waals surface area contributed by atoms with Gasteiger partial charge in [0.1, 0.15) is 32.7 Å². The number of hydrogen-bond donors (Lipinski definition) is 2. The number of amides is 2. The number of carbonyl (C=O) groups is 2. The van der Waals surface area contributed by atoms with Crippen molar-refractivity contribution in [3.63, 3.8) is 0 Å². The lowest BCUT2D eigenvalue weighted by atomic mass is 10.0. The van der Waals surface area contributed by atoms with Crippen LogP contribution in [0.1, 0.15) is 15.9 Å². The Kier molecular flexibility index (Phi) is 10.2. The second-order valence-corrected chi connectivity index (χ2v) is 14.1. The number of hydrogen-bond acceptors (Lipinski definition) is 8. The standard InChI is InChI=1S/C36H28F5N7O4S/c1-53(51,52)18-17-47(34(50)36(39,40)41)21-22-7-4-9-24(19-22)44-35-42-15-14-28(45-35)31-29-13-2-3-16-48(29)46-32(31)23-8-5-10-25(20-23)43-33(49)30-26(37)11-6-12-27(30)38/h2-16,19-20H,17-18,21H2,1H3,(H,43,49)(H,42,44,45). The molecule has 6 aromatic rings. The molecule has 0 aliphatic heterocycles. The van der Waals surface area contributed by atoms with Crippen LogP contribution in [0.3, 0.4) is 0 Å². The maximum Gasteiger partial charge on any atom is 0.471 e. The van der Waals surface area contributed by atoms with Crippen molar-refractivity contribution in [1.82, 2.24) is 24.5 Å². The van der Waals surface area contributed by atoms with E-state index in [1.807, 2.05) is 6.07 Å². The molecule has 53 heavy (non-hydrogen) atoms. The van der Waals surface area contributed by atoms with Gasteiger partial charge in [0.2, 0.25) is 5.95 Å². The summed E-state index contributed by atoms with van der Waals surface area (Å²) in [5.74, 6) is -5.70. The van der Waals surface area contributed by atoms with Gasteiger partial charge in [-0.1, -0.05) is 36.4 Å². The van der Waals surface area contributed by atoms with E-state index < -0.39 is 63.9 Å². The molecule has 3 heterocycles. The average molecular weight is 750 g/mol. The van der Waals surface area contributed by atoms with Crippen LogP contribution < -0.4 is 10.6 Å². The molecular formula is C36H28F5N7O4S. The smallest absolute Gasteiger partial charge is 0.330 e. The number of pyridine rings is 1. The Morgan fingerprint density at radius 1 is 0.887 bits per heavy atom. The molecule has 0 aliphatic rings. The Labute approximate surface area is 299 Å². The second-order valence-electron chi connectivity index (χ2n) is 11.8. The molecule has 0 saturated carbocycles. The van der Waals surface area contributed by atoms with Crippen LogP contribution in [0.15, 0.2) is 103 Å². The minimum atomic E-state index is -5.20. The van der Waals surface area contributed by atoms with Crippen LogP contribution in [0.4, 0.5) is 39.3 Å². The number of benzene rings is 3. The fourth-order valence-electron chi connectivity index (χ4n) is 5.47. The van der Waals surface area contributed by atoms with Crippen molar-refractivity contribution in [1.29, 1.82) is 0 Å². The lowest BCUT2D eigenvalue weighted by Crippen LogP contribution is -2.42. The van der Waals surface area contributed by atoms with Gasteiger partial charge in [0.15, 0.2) is 0 Å². The first-order chi connectivity index (χ1) is 25.2. The van der Waals surface area contributed by atoms with Crippen molar-refractivity contribution in [2.45, 2.75) is 12.7 Å². The van der Waals surface area contributed by atoms with E-state index in [-0.39, 0.29) is 17.2 Å². The van der Waals surface area contributed by atoms with Gasteiger partial charge in [0.05, 0.1) is 22.5 Å². The number of nitrogens with zero attached hydrogens (tertiary/aromatic N) is 5. The van der Waals surface area contributed by atoms with Crippen molar-refractivity contribution >= 4 is 44.5 Å². The molecule has 0 atom stereocenters. The highest BCUT2D eigenvalue weighted by molar-refractivity contribution is 7.90. The van der Waals surface area contributed by atoms with Crippen molar-refractivity contribution in [2.24, 2.45) is 0 Å². The largest absolute Gasteiger partial charge is 0.471 e. The zero-order valence-electron chi connectivity index (χ0n) is 27.6. The van der Waals surface area contributed by atoms with E-state index in [9.17, 15) is 40.0 Å². The summed E-state index contributed by atoms with van der Waals surface area (Å²) in [6.45, 7) is -1.16. The molecule has 2 N–H and O–H groups in total. The third kappa shape index (κ3) is 8.64. The van der Waals surface area contributed by atoms with Crippen LogP contribution in [0.5, 0.6) is 0 Å². The van der Waals surface area contributed by atoms with Gasteiger partial charge in [-0.25, -0.2) is 31.7 Å². The van der Waals surface area contributed by atoms with E-state index in [4.69, 9.17) is 5.10 Å². The van der Waals surface area contributed by atoms with Crippen LogP contribution in [0.2, 0.25) is 0 Å². The van der Waals surface area contributed by atoms with Crippen LogP contribution >= 0.6 is 0 Å². The number of halogens is 5. The van der Waals surface area contributed by atoms with E-state index in [0.29, 0.717) is 38.6 Å². The van der Waals surface area contributed by atoms with Crippen LogP contribution in [-0.4, -0.2) is 69.4 Å². The van der Waals surface area contributed by atoms with Gasteiger partial charge < -0.3 is 15.5 Å². The summed E-state index contributed by atoms with van der Waals surface area (Å²) in [5, 5.41) is 10.3. The summed E-state index contributed by atoms with van der Waals surface area (Å²) in [6, 6.07) is 22.8. The first-order valence-electron chi connectivity index (χ1n) is 15.7. The molecule has 272 valence electrons. The highest BCUT2D eigenvalue weighted by Gasteiger charge is 2.42. The summed E-state index contributed by atoms with van der Waals surface area (Å²) >= 11 is 0. The SMILES string of the molecule is CS(=O)(=O)CCN(Cc1cccc(Nc2nccc(-c3c(-c4cccc(NC(=O)c5c(F)cccc5F)c4)nn4ccccc34)n2)c1)C(=O)C(F)(F)F. The normalized spacial score (nSPS) is 11.7. The summed E-state index contributed by atoms with van der Waals surface area (Å²) in [4.78, 5) is 34.3. The van der Waals surface area contributed by atoms with Gasteiger partial charge >= 0.3 is 12.1 Å². The van der Waals surface area contributed by atoms with Gasteiger partial charge in [0.25, 0.3) is 5.91 Å². The van der Waals surface area contributed by atoms with E-state index >= 15 is 0 Å². The molecule has 3 aromatic heterocycles. The monoisotopic (exact) mass is 749 g/mol. The van der Waals surface area contributed by atoms with Crippen molar-refractivity contribution in [2.75, 3.05) is 29.2 Å². The Balaban J connectivity index is 1.29. The number of fused-ring (bicyclic) bond motifs is 1. The average Bonchev–Trinajstić information content (AvgIpc) is 3.49. The highest BCUT2D eigenvalue weighted by atomic mass is 32.2. The maximum absolute atomic E-state index is 14.3. The Bertz CT molecular complexity index is 2430. The van der Waals surface area contributed by atoms with Gasteiger partial charge in [-0.2, -0.15) is 18.3 Å². The minimum absolute atomic E-state index is 0.106. The van der Waals surface area contributed by atoms with Crippen molar-refractivity contribution < 1.29 is 40.0 Å². The Hall–Kier alpha value is -6.23. The lowest BCUT2D eigenvalue weighted by molar-refractivity contribution is -0.185. The van der Waals surface area contributed by atoms with E-state index in [2.05, 4.69) is 20.6 Å². The summed E-state index contributed by atoms with van der Waals surface area (Å²) < 4.78 is 93.4. The molecule has 3 aromatic carbocycles. The molecule has 11 nitrogen and oxygen atoms in total. The topological polar surface area (TPSA) is 139 Å². The molecule has 0 fully saturated rings. The maximum atomic E-state index is 14.3. The van der Waals surface area contributed by atoms with Crippen LogP contribution in [0.25, 0.3) is 28.0 Å². The first-order valence-corrected chi connectivity index (χ1v) is 17.8. The van der Waals surface area contributed by atoms with Gasteiger partial charge in [-0.15, -0.1) is 0 Å². The Morgan fingerprint density at radius 2 is 1.60 bits per heavy atom. The number of rotatable bonds is 11. The number of sulfone groups is 1. The minimum Gasteiger partial charge on any atom is -0.330 e. The zero-order valence-corrected chi connectivity index (χ0v) is 28.4. The molecule has 0 unspecified atom stereocenters. The fourth-order valence-corrected chi connectivity index (χ4v) is 6.02. The number of carbonyl (C=O) groups excluding carboxylic acids is 2. The quantitative estimate of drug-likeness (QED) is 0.140. The van der Waals surface area contributed by atoms with Crippen molar-refractivity contribution in [3.05, 3.63) is 126 Å². The summed E-state index contributed by atoms with van der Waals surface area (Å²) in [5.41, 5.74) is 2.79. The van der Waals surface area contributed by atoms with Gasteiger partial charge in [-0.3, -0.25) is 9.59 Å². The predicted octanol–water partition coefficient (Wildman–Crippen LogP) is 6.67. The highest BCUT2D eigenvalue weighted by Crippen LogP contribution is 2.36. The van der Waals surface area contributed by atoms with E-state index in [0.717, 1.165) is 24.5 Å². The molecule has 0 radical (unpaired) electrons.